The number of nitrogens with zero attached hydrogens (tertiary/aromatic N) is 2. The van der Waals surface area contributed by atoms with Gasteiger partial charge in [-0.15, -0.1) is 94.1 Å². The van der Waals surface area contributed by atoms with E-state index in [4.69, 9.17) is 10.2 Å². The number of rotatable bonds is 29. The van der Waals surface area contributed by atoms with Crippen molar-refractivity contribution in [2.75, 3.05) is 83.8 Å². The zero-order valence-electron chi connectivity index (χ0n) is 22.5. The largest absolute Gasteiger partial charge is 0.386 e. The second kappa shape index (κ2) is 36.2. The lowest BCUT2D eigenvalue weighted by atomic mass is 11.0. The molecule has 0 fully saturated rings. The SMILES string of the molecule is O=C(NCSCCSCN=CS(=O)CSCSCO)SCSCS(=O)C=NCSCCSCNC(=O)SSCSCO. The van der Waals surface area contributed by atoms with E-state index in [9.17, 15) is 18.0 Å². The number of thioether (sulfide) groups is 9. The molecule has 0 aromatic carbocycles. The van der Waals surface area contributed by atoms with E-state index < -0.39 is 21.6 Å². The van der Waals surface area contributed by atoms with Crippen molar-refractivity contribution in [1.29, 1.82) is 0 Å². The van der Waals surface area contributed by atoms with Crippen LogP contribution in [0.2, 0.25) is 0 Å². The van der Waals surface area contributed by atoms with Crippen LogP contribution in [0.1, 0.15) is 0 Å². The molecule has 0 aromatic heterocycles. The molecule has 0 saturated heterocycles. The molecule has 0 aliphatic heterocycles. The summed E-state index contributed by atoms with van der Waals surface area (Å²) in [5.41, 5.74) is 2.94. The van der Waals surface area contributed by atoms with E-state index in [0.717, 1.165) is 45.6 Å². The van der Waals surface area contributed by atoms with Crippen molar-refractivity contribution in [1.82, 2.24) is 10.6 Å². The summed E-state index contributed by atoms with van der Waals surface area (Å²) in [6, 6.07) is 0. The van der Waals surface area contributed by atoms with E-state index in [1.165, 1.54) is 68.9 Å². The summed E-state index contributed by atoms with van der Waals surface area (Å²) in [7, 11) is 0.281. The summed E-state index contributed by atoms with van der Waals surface area (Å²) in [5.74, 6) is 5.80. The zero-order valence-corrected chi connectivity index (χ0v) is 33.1. The smallest absolute Gasteiger partial charge is 0.290 e. The van der Waals surface area contributed by atoms with Crippen molar-refractivity contribution < 1.29 is 28.2 Å². The summed E-state index contributed by atoms with van der Waals surface area (Å²) in [4.78, 5) is 31.8. The van der Waals surface area contributed by atoms with Gasteiger partial charge in [0.25, 0.3) is 10.5 Å². The molecule has 246 valence electrons. The minimum Gasteiger partial charge on any atom is -0.386 e. The van der Waals surface area contributed by atoms with Crippen LogP contribution in [0, 0.1) is 0 Å². The quantitative estimate of drug-likeness (QED) is 0.0248. The number of nitrogens with one attached hydrogen (secondary N) is 2. The van der Waals surface area contributed by atoms with Crippen LogP contribution >= 0.6 is 127 Å². The van der Waals surface area contributed by atoms with Gasteiger partial charge < -0.3 is 20.8 Å². The highest BCUT2D eigenvalue weighted by Crippen LogP contribution is 2.26. The molecule has 0 aromatic rings. The van der Waals surface area contributed by atoms with Crippen LogP contribution in [-0.2, 0) is 21.6 Å². The molecule has 42 heavy (non-hydrogen) atoms. The molecule has 0 aliphatic carbocycles. The number of aliphatic hydroxyl groups is 2. The van der Waals surface area contributed by atoms with Crippen LogP contribution in [0.25, 0.3) is 0 Å². The second-order valence-corrected chi connectivity index (χ2v) is 22.3. The fourth-order valence-corrected chi connectivity index (χ4v) is 13.7. The third kappa shape index (κ3) is 35.2. The number of amides is 2. The van der Waals surface area contributed by atoms with Crippen LogP contribution in [0.4, 0.5) is 9.59 Å². The van der Waals surface area contributed by atoms with Gasteiger partial charge in [-0.3, -0.25) is 28.0 Å². The Morgan fingerprint density at radius 3 is 1.71 bits per heavy atom. The Bertz CT molecular complexity index is 788. The highest BCUT2D eigenvalue weighted by atomic mass is 33.1. The lowest BCUT2D eigenvalue weighted by molar-refractivity contribution is 0.261. The maximum Gasteiger partial charge on any atom is 0.290 e. The number of hydrogen-bond donors (Lipinski definition) is 4. The first kappa shape index (κ1) is 44.4. The first-order chi connectivity index (χ1) is 20.5. The molecule has 2 amide bonds. The van der Waals surface area contributed by atoms with Crippen LogP contribution in [0.5, 0.6) is 0 Å². The molecule has 2 unspecified atom stereocenters. The summed E-state index contributed by atoms with van der Waals surface area (Å²) in [6.45, 7) is 0. The Morgan fingerprint density at radius 1 is 0.643 bits per heavy atom. The summed E-state index contributed by atoms with van der Waals surface area (Å²) < 4.78 is 23.7. The molecule has 0 spiro atoms. The molecule has 4 N–H and O–H groups in total. The Hall–Kier alpha value is 2.35. The topological polar surface area (TPSA) is 158 Å². The summed E-state index contributed by atoms with van der Waals surface area (Å²) >= 11 is 13.4. The lowest BCUT2D eigenvalue weighted by Gasteiger charge is -2.04. The van der Waals surface area contributed by atoms with E-state index >= 15 is 0 Å². The van der Waals surface area contributed by atoms with Crippen molar-refractivity contribution in [3.05, 3.63) is 0 Å². The minimum absolute atomic E-state index is 0.0580. The predicted molar refractivity (Wildman–Crippen MR) is 211 cm³/mol. The molecule has 0 bridgehead atoms. The normalized spacial score (nSPS) is 13.1. The van der Waals surface area contributed by atoms with Crippen molar-refractivity contribution in [3.63, 3.8) is 0 Å². The molecule has 10 nitrogen and oxygen atoms in total. The Kier molecular flexibility index (Phi) is 38.2. The Balaban J connectivity index is 3.49. The van der Waals surface area contributed by atoms with Gasteiger partial charge in [-0.05, 0) is 0 Å². The zero-order chi connectivity index (χ0) is 30.9. The molecule has 0 saturated carbocycles. The molecule has 0 aliphatic rings. The molecule has 2 atom stereocenters. The van der Waals surface area contributed by atoms with E-state index in [-0.39, 0.29) is 22.4 Å². The van der Waals surface area contributed by atoms with Crippen LogP contribution in [0.3, 0.4) is 0 Å². The molecule has 0 rings (SSSR count). The van der Waals surface area contributed by atoms with Crippen molar-refractivity contribution in [2.24, 2.45) is 9.98 Å². The van der Waals surface area contributed by atoms with Crippen LogP contribution in [-0.4, -0.2) is 124 Å². The molecular weight excluding hydrogens is 797 g/mol. The van der Waals surface area contributed by atoms with Crippen molar-refractivity contribution in [2.45, 2.75) is 0 Å². The summed E-state index contributed by atoms with van der Waals surface area (Å²) in [6.07, 6.45) is 0. The summed E-state index contributed by atoms with van der Waals surface area (Å²) in [5, 5.41) is 25.6. The highest BCUT2D eigenvalue weighted by Gasteiger charge is 2.04. The predicted octanol–water partition coefficient (Wildman–Crippen LogP) is 5.46. The van der Waals surface area contributed by atoms with E-state index in [1.54, 1.807) is 47.0 Å². The van der Waals surface area contributed by atoms with Crippen molar-refractivity contribution >= 4 is 171 Å². The third-order valence-electron chi connectivity index (χ3n) is 3.38. The van der Waals surface area contributed by atoms with Crippen LogP contribution in [0.15, 0.2) is 9.98 Å². The number of aliphatic imine (C=N–C) groups is 2. The van der Waals surface area contributed by atoms with Gasteiger partial charge in [-0.25, -0.2) is 0 Å². The van der Waals surface area contributed by atoms with Gasteiger partial charge in [0.05, 0.1) is 83.3 Å². The Morgan fingerprint density at radius 2 is 1.14 bits per heavy atom. The Labute approximate surface area is 300 Å². The average Bonchev–Trinajstić information content (AvgIpc) is 2.98. The number of carbonyl (C=O) groups is 2. The van der Waals surface area contributed by atoms with E-state index in [1.807, 2.05) is 0 Å². The second-order valence-electron chi connectivity index (χ2n) is 6.46. The van der Waals surface area contributed by atoms with Gasteiger partial charge in [-0.2, -0.15) is 0 Å². The first-order valence-corrected chi connectivity index (χ1v) is 26.9. The van der Waals surface area contributed by atoms with Gasteiger partial charge in [0, 0.05) is 44.0 Å². The van der Waals surface area contributed by atoms with Crippen molar-refractivity contribution in [3.8, 4) is 0 Å². The number of aliphatic hydroxyl groups excluding tert-OH is 2. The fourth-order valence-electron chi connectivity index (χ4n) is 1.78. The van der Waals surface area contributed by atoms with Gasteiger partial charge >= 0.3 is 0 Å². The lowest BCUT2D eigenvalue weighted by Crippen LogP contribution is -2.18. The fraction of sp³-hybridized carbons (Fsp3) is 0.789. The monoisotopic (exact) mass is 832 g/mol. The van der Waals surface area contributed by atoms with Crippen LogP contribution < -0.4 is 10.6 Å². The number of hydrogen-bond acceptors (Lipinski definition) is 19. The molecule has 23 heteroatoms. The molecule has 0 heterocycles. The maximum absolute atomic E-state index is 12.0. The van der Waals surface area contributed by atoms with Gasteiger partial charge in [0.15, 0.2) is 0 Å². The molecule has 0 radical (unpaired) electrons. The molecular formula is C19H36N4O6S13. The van der Waals surface area contributed by atoms with Gasteiger partial charge in [-0.1, -0.05) is 22.6 Å². The van der Waals surface area contributed by atoms with Gasteiger partial charge in [0.2, 0.25) is 0 Å². The first-order valence-electron chi connectivity index (χ1n) is 11.5. The van der Waals surface area contributed by atoms with E-state index in [2.05, 4.69) is 20.6 Å². The maximum atomic E-state index is 12.0. The number of carbonyl (C=O) groups excluding carboxylic acids is 2. The van der Waals surface area contributed by atoms with Gasteiger partial charge in [0.1, 0.15) is 0 Å². The third-order valence-corrected chi connectivity index (χ3v) is 17.6. The standard InChI is InChI=1S/C19H36N4O6S13/c24-11-34-13-36-16-41(28)9-20-5-30-1-3-32-7-22-18(26)38-14-37-17-42(29)10-21-6-31-2-4-33-8-23-19(27)40-39-15-35-12-25/h9-10,24-25H,1-8,11-17H2,(H,22,26)(H,23,27). The minimum atomic E-state index is -1.18. The highest BCUT2D eigenvalue weighted by molar-refractivity contribution is 8.83. The average molecular weight is 833 g/mol. The van der Waals surface area contributed by atoms with E-state index in [0.29, 0.717) is 48.9 Å².